The minimum atomic E-state index is -0.835. The Morgan fingerprint density at radius 1 is 0.263 bits per heavy atom. The first-order chi connectivity index (χ1) is 39.5. The summed E-state index contributed by atoms with van der Waals surface area (Å²) in [5, 5.41) is 0. The van der Waals surface area contributed by atoms with E-state index >= 15 is 0 Å². The number of carbonyl (C=O) groups is 3. The number of carbonyl (C=O) groups excluding carboxylic acids is 3. The smallest absolute Gasteiger partial charge is 0.306 e. The molecule has 6 heteroatoms. The van der Waals surface area contributed by atoms with E-state index in [1.165, 1.54) is 44.9 Å². The van der Waals surface area contributed by atoms with Crippen LogP contribution < -0.4 is 0 Å². The molecule has 0 saturated carbocycles. The number of ether oxygens (including phenoxy) is 3. The first-order valence-electron chi connectivity index (χ1n) is 31.8. The third-order valence-corrected chi connectivity index (χ3v) is 12.6. The maximum absolute atomic E-state index is 12.9. The molecule has 80 heavy (non-hydrogen) atoms. The largest absolute Gasteiger partial charge is 0.462 e. The van der Waals surface area contributed by atoms with Gasteiger partial charge in [-0.1, -0.05) is 248 Å². The second kappa shape index (κ2) is 66.0. The fraction of sp³-hybridized carbons (Fsp3) is 0.554. The van der Waals surface area contributed by atoms with Crippen LogP contribution >= 0.6 is 0 Å². The Kier molecular flexibility index (Phi) is 61.5. The van der Waals surface area contributed by atoms with Gasteiger partial charge in [0.25, 0.3) is 0 Å². The Bertz CT molecular complexity index is 1890. The van der Waals surface area contributed by atoms with Crippen molar-refractivity contribution in [1.82, 2.24) is 0 Å². The quantitative estimate of drug-likeness (QED) is 0.0261. The van der Waals surface area contributed by atoms with Gasteiger partial charge in [-0.15, -0.1) is 0 Å². The Hall–Kier alpha value is -5.49. The molecule has 0 aliphatic carbocycles. The SMILES string of the molecule is CC/C=C\C/C=C\C/C=C\C/C=C\C/C=C\C/C=C\C/C=C\C/C=C\CCCCC(=O)OCC(COC(=O)CCCCCCC/C=C\CCCCCCC)OC(=O)CCCC/C=C\C/C=C\C/C=C\C/C=C\C/C=C\C/C=C\CC. The van der Waals surface area contributed by atoms with Crippen LogP contribution in [0.1, 0.15) is 245 Å². The Balaban J connectivity index is 4.56. The molecule has 6 nitrogen and oxygen atoms in total. The van der Waals surface area contributed by atoms with E-state index in [2.05, 4.69) is 203 Å². The molecule has 0 aliphatic heterocycles. The van der Waals surface area contributed by atoms with Crippen LogP contribution in [0.4, 0.5) is 0 Å². The van der Waals surface area contributed by atoms with Crippen LogP contribution in [0.5, 0.6) is 0 Å². The van der Waals surface area contributed by atoms with Crippen molar-refractivity contribution < 1.29 is 28.6 Å². The van der Waals surface area contributed by atoms with Gasteiger partial charge in [-0.2, -0.15) is 0 Å². The Labute approximate surface area is 491 Å². The number of hydrogen-bond acceptors (Lipinski definition) is 6. The fourth-order valence-electron chi connectivity index (χ4n) is 7.92. The van der Waals surface area contributed by atoms with Crippen molar-refractivity contribution in [2.75, 3.05) is 13.2 Å². The van der Waals surface area contributed by atoms with Gasteiger partial charge >= 0.3 is 17.9 Å². The van der Waals surface area contributed by atoms with Gasteiger partial charge in [0.1, 0.15) is 13.2 Å². The first-order valence-corrected chi connectivity index (χ1v) is 31.8. The Morgan fingerprint density at radius 2 is 0.487 bits per heavy atom. The molecule has 446 valence electrons. The van der Waals surface area contributed by atoms with Crippen LogP contribution in [0.2, 0.25) is 0 Å². The molecule has 1 unspecified atom stereocenters. The molecular formula is C74H114O6. The molecular weight excluding hydrogens is 985 g/mol. The van der Waals surface area contributed by atoms with E-state index in [-0.39, 0.29) is 44.0 Å². The lowest BCUT2D eigenvalue weighted by atomic mass is 10.1. The molecule has 0 spiro atoms. The summed E-state index contributed by atoms with van der Waals surface area (Å²) >= 11 is 0. The van der Waals surface area contributed by atoms with Gasteiger partial charge in [0, 0.05) is 19.3 Å². The highest BCUT2D eigenvalue weighted by atomic mass is 16.6. The van der Waals surface area contributed by atoms with Crippen molar-refractivity contribution >= 4 is 17.9 Å². The zero-order valence-corrected chi connectivity index (χ0v) is 51.0. The summed E-state index contributed by atoms with van der Waals surface area (Å²) in [7, 11) is 0. The van der Waals surface area contributed by atoms with Crippen LogP contribution in [-0.4, -0.2) is 37.2 Å². The third-order valence-electron chi connectivity index (χ3n) is 12.6. The summed E-state index contributed by atoms with van der Waals surface area (Å²) in [5.74, 6) is -1.03. The van der Waals surface area contributed by atoms with E-state index in [1.807, 2.05) is 0 Å². The lowest BCUT2D eigenvalue weighted by Crippen LogP contribution is -2.30. The van der Waals surface area contributed by atoms with E-state index in [4.69, 9.17) is 14.2 Å². The standard InChI is InChI=1S/C74H114O6/c1-4-7-10-13-16-19-22-25-28-30-32-34-35-36-37-38-39-41-42-44-46-49-52-55-58-61-64-67-73(76)79-70-71(69-78-72(75)66-63-60-57-54-51-48-27-24-21-18-15-12-9-6-3)80-74(77)68-65-62-59-56-53-50-47-45-43-40-33-31-29-26-23-20-17-14-11-8-5-2/h7-8,10-11,16-17,19-20,24-29,32-34,36-37,39-41,44-47,52-53,55-56,71H,4-6,9,12-15,18,21-23,30-31,35,38,42-43,48-51,54,57-70H2,1-3H3/b10-7-,11-8-,19-16-,20-17-,27-24-,28-25-,29-26-,34-32-,37-36-,40-33-,41-39-,46-44-,47-45-,55-52-,56-53-. The van der Waals surface area contributed by atoms with E-state index < -0.39 is 6.10 Å². The van der Waals surface area contributed by atoms with E-state index in [0.717, 1.165) is 148 Å². The molecule has 0 aromatic carbocycles. The molecule has 0 aromatic rings. The molecule has 0 bridgehead atoms. The van der Waals surface area contributed by atoms with E-state index in [1.54, 1.807) is 0 Å². The van der Waals surface area contributed by atoms with Gasteiger partial charge in [-0.25, -0.2) is 0 Å². The molecule has 1 atom stereocenters. The zero-order valence-electron chi connectivity index (χ0n) is 51.0. The van der Waals surface area contributed by atoms with Crippen molar-refractivity contribution in [3.8, 4) is 0 Å². The van der Waals surface area contributed by atoms with Gasteiger partial charge in [0.05, 0.1) is 0 Å². The van der Waals surface area contributed by atoms with Crippen LogP contribution in [-0.2, 0) is 28.6 Å². The van der Waals surface area contributed by atoms with E-state index in [0.29, 0.717) is 19.3 Å². The minimum Gasteiger partial charge on any atom is -0.462 e. The number of allylic oxidation sites excluding steroid dienone is 30. The number of hydrogen-bond donors (Lipinski definition) is 0. The van der Waals surface area contributed by atoms with Crippen molar-refractivity contribution in [2.45, 2.75) is 252 Å². The van der Waals surface area contributed by atoms with Gasteiger partial charge in [-0.05, 0) is 161 Å². The number of unbranched alkanes of at least 4 members (excludes halogenated alkanes) is 14. The average Bonchev–Trinajstić information content (AvgIpc) is 3.46. The van der Waals surface area contributed by atoms with Crippen molar-refractivity contribution in [3.63, 3.8) is 0 Å². The van der Waals surface area contributed by atoms with Crippen LogP contribution in [0.25, 0.3) is 0 Å². The van der Waals surface area contributed by atoms with Crippen LogP contribution in [0.3, 0.4) is 0 Å². The summed E-state index contributed by atoms with van der Waals surface area (Å²) in [6, 6.07) is 0. The molecule has 0 aromatic heterocycles. The normalized spacial score (nSPS) is 13.4. The second-order valence-electron chi connectivity index (χ2n) is 20.2. The molecule has 0 amide bonds. The first kappa shape index (κ1) is 74.5. The lowest BCUT2D eigenvalue weighted by Gasteiger charge is -2.18. The van der Waals surface area contributed by atoms with Crippen LogP contribution in [0, 0.1) is 0 Å². The molecule has 0 saturated heterocycles. The molecule has 0 rings (SSSR count). The monoisotopic (exact) mass is 1100 g/mol. The third kappa shape index (κ3) is 63.3. The highest BCUT2D eigenvalue weighted by Crippen LogP contribution is 2.12. The van der Waals surface area contributed by atoms with Gasteiger partial charge in [0.2, 0.25) is 0 Å². The zero-order chi connectivity index (χ0) is 57.8. The summed E-state index contributed by atoms with van der Waals surface area (Å²) < 4.78 is 16.8. The molecule has 0 radical (unpaired) electrons. The van der Waals surface area contributed by atoms with Gasteiger partial charge < -0.3 is 14.2 Å². The molecule has 0 N–H and O–H groups in total. The second-order valence-corrected chi connectivity index (χ2v) is 20.2. The molecule has 0 aliphatic rings. The van der Waals surface area contributed by atoms with Crippen molar-refractivity contribution in [2.24, 2.45) is 0 Å². The van der Waals surface area contributed by atoms with Crippen molar-refractivity contribution in [1.29, 1.82) is 0 Å². The number of esters is 3. The Morgan fingerprint density at radius 3 is 0.800 bits per heavy atom. The molecule has 0 heterocycles. The summed E-state index contributed by atoms with van der Waals surface area (Å²) in [6.45, 7) is 6.31. The minimum absolute atomic E-state index is 0.123. The van der Waals surface area contributed by atoms with Crippen molar-refractivity contribution in [3.05, 3.63) is 182 Å². The lowest BCUT2D eigenvalue weighted by molar-refractivity contribution is -0.167. The predicted molar refractivity (Wildman–Crippen MR) is 348 cm³/mol. The summed E-state index contributed by atoms with van der Waals surface area (Å²) in [5.41, 5.74) is 0. The van der Waals surface area contributed by atoms with Crippen LogP contribution in [0.15, 0.2) is 182 Å². The topological polar surface area (TPSA) is 78.9 Å². The average molecular weight is 1100 g/mol. The number of rotatable bonds is 55. The van der Waals surface area contributed by atoms with E-state index in [9.17, 15) is 14.4 Å². The summed E-state index contributed by atoms with van der Waals surface area (Å²) in [6.07, 6.45) is 98.9. The summed E-state index contributed by atoms with van der Waals surface area (Å²) in [4.78, 5) is 38.3. The highest BCUT2D eigenvalue weighted by molar-refractivity contribution is 5.71. The highest BCUT2D eigenvalue weighted by Gasteiger charge is 2.19. The fourth-order valence-corrected chi connectivity index (χ4v) is 7.92. The van der Waals surface area contributed by atoms with Gasteiger partial charge in [0.15, 0.2) is 6.10 Å². The maximum atomic E-state index is 12.9. The maximum Gasteiger partial charge on any atom is 0.306 e. The van der Waals surface area contributed by atoms with Gasteiger partial charge in [-0.3, -0.25) is 14.4 Å². The molecule has 0 fully saturated rings. The predicted octanol–water partition coefficient (Wildman–Crippen LogP) is 22.0.